The van der Waals surface area contributed by atoms with E-state index in [0.29, 0.717) is 12.3 Å². The molecule has 2 aromatic rings. The first-order valence-corrected chi connectivity index (χ1v) is 6.75. The van der Waals surface area contributed by atoms with E-state index in [2.05, 4.69) is 15.9 Å². The largest absolute Gasteiger partial charge is 0.496 e. The highest BCUT2D eigenvalue weighted by atomic mass is 79.9. The molecule has 0 amide bonds. The van der Waals surface area contributed by atoms with Crippen LogP contribution in [0, 0.1) is 0 Å². The summed E-state index contributed by atoms with van der Waals surface area (Å²) in [6.07, 6.45) is -0.723. The summed E-state index contributed by atoms with van der Waals surface area (Å²) in [5.41, 5.74) is 8.15. The van der Waals surface area contributed by atoms with Crippen molar-refractivity contribution >= 4 is 15.9 Å². The number of halogens is 1. The summed E-state index contributed by atoms with van der Waals surface area (Å²) in [4.78, 5) is 0. The minimum absolute atomic E-state index is 0.497. The molecule has 0 fully saturated rings. The van der Waals surface area contributed by atoms with Gasteiger partial charge in [0.15, 0.2) is 0 Å². The van der Waals surface area contributed by atoms with Crippen LogP contribution in [0.3, 0.4) is 0 Å². The Bertz CT molecular complexity index is 555. The predicted octanol–water partition coefficient (Wildman–Crippen LogP) is 3.00. The summed E-state index contributed by atoms with van der Waals surface area (Å²) in [6.45, 7) is 0.497. The predicted molar refractivity (Wildman–Crippen MR) is 79.1 cm³/mol. The molecule has 3 nitrogen and oxygen atoms in total. The van der Waals surface area contributed by atoms with Crippen LogP contribution in [-0.4, -0.2) is 12.2 Å². The molecule has 100 valence electrons. The van der Waals surface area contributed by atoms with Crippen molar-refractivity contribution in [1.29, 1.82) is 0 Å². The molecule has 2 rings (SSSR count). The molecule has 0 heterocycles. The molecule has 0 saturated carbocycles. The van der Waals surface area contributed by atoms with E-state index in [1.165, 1.54) is 0 Å². The van der Waals surface area contributed by atoms with E-state index in [9.17, 15) is 5.11 Å². The molecule has 0 aliphatic carbocycles. The number of benzene rings is 2. The maximum Gasteiger partial charge on any atom is 0.125 e. The first-order valence-electron chi connectivity index (χ1n) is 5.96. The zero-order chi connectivity index (χ0) is 13.8. The van der Waals surface area contributed by atoms with Crippen molar-refractivity contribution in [2.45, 2.75) is 12.6 Å². The number of aliphatic hydroxyl groups excluding tert-OH is 1. The standard InChI is InChI=1S/C15H16BrNO2/c1-19-14-7-6-12(16)8-13(14)15(18)11-4-2-10(9-17)3-5-11/h2-8,15,18H,9,17H2,1H3. The SMILES string of the molecule is COc1ccc(Br)cc1C(O)c1ccc(CN)cc1. The molecule has 0 spiro atoms. The summed E-state index contributed by atoms with van der Waals surface area (Å²) in [5, 5.41) is 10.5. The van der Waals surface area contributed by atoms with Crippen LogP contribution >= 0.6 is 15.9 Å². The average molecular weight is 322 g/mol. The Kier molecular flexibility index (Phi) is 4.58. The number of methoxy groups -OCH3 is 1. The number of hydrogen-bond acceptors (Lipinski definition) is 3. The molecule has 4 heteroatoms. The lowest BCUT2D eigenvalue weighted by Crippen LogP contribution is -2.03. The van der Waals surface area contributed by atoms with Gasteiger partial charge in [-0.1, -0.05) is 40.2 Å². The molecule has 1 unspecified atom stereocenters. The van der Waals surface area contributed by atoms with Gasteiger partial charge in [-0.05, 0) is 29.3 Å². The smallest absolute Gasteiger partial charge is 0.125 e. The summed E-state index contributed by atoms with van der Waals surface area (Å²) >= 11 is 3.41. The van der Waals surface area contributed by atoms with Gasteiger partial charge in [0.25, 0.3) is 0 Å². The fourth-order valence-corrected chi connectivity index (χ4v) is 2.31. The van der Waals surface area contributed by atoms with Gasteiger partial charge >= 0.3 is 0 Å². The van der Waals surface area contributed by atoms with E-state index < -0.39 is 6.10 Å². The second-order valence-electron chi connectivity index (χ2n) is 4.23. The number of nitrogens with two attached hydrogens (primary N) is 1. The molecule has 0 aliphatic rings. The van der Waals surface area contributed by atoms with Crippen molar-refractivity contribution in [3.63, 3.8) is 0 Å². The number of rotatable bonds is 4. The quantitative estimate of drug-likeness (QED) is 0.910. The number of hydrogen-bond donors (Lipinski definition) is 2. The Labute approximate surface area is 121 Å². The average Bonchev–Trinajstić information content (AvgIpc) is 2.46. The lowest BCUT2D eigenvalue weighted by Gasteiger charge is -2.16. The van der Waals surface area contributed by atoms with Gasteiger partial charge in [0.2, 0.25) is 0 Å². The van der Waals surface area contributed by atoms with Gasteiger partial charge in [0.05, 0.1) is 7.11 Å². The van der Waals surface area contributed by atoms with E-state index in [-0.39, 0.29) is 0 Å². The second kappa shape index (κ2) is 6.19. The van der Waals surface area contributed by atoms with Crippen molar-refractivity contribution in [2.24, 2.45) is 5.73 Å². The minimum Gasteiger partial charge on any atom is -0.496 e. The Morgan fingerprint density at radius 1 is 1.21 bits per heavy atom. The third-order valence-electron chi connectivity index (χ3n) is 3.02. The van der Waals surface area contributed by atoms with Crippen LogP contribution in [0.2, 0.25) is 0 Å². The highest BCUT2D eigenvalue weighted by molar-refractivity contribution is 9.10. The highest BCUT2D eigenvalue weighted by Gasteiger charge is 2.15. The molecule has 0 aliphatic heterocycles. The van der Waals surface area contributed by atoms with Crippen LogP contribution in [0.25, 0.3) is 0 Å². The molecule has 2 aromatic carbocycles. The molecule has 1 atom stereocenters. The van der Waals surface area contributed by atoms with Crippen molar-refractivity contribution in [1.82, 2.24) is 0 Å². The molecular formula is C15H16BrNO2. The Hall–Kier alpha value is -1.36. The maximum atomic E-state index is 10.5. The zero-order valence-corrected chi connectivity index (χ0v) is 12.2. The number of aliphatic hydroxyl groups is 1. The van der Waals surface area contributed by atoms with E-state index in [4.69, 9.17) is 10.5 Å². The third kappa shape index (κ3) is 3.15. The van der Waals surface area contributed by atoms with E-state index in [0.717, 1.165) is 21.2 Å². The lowest BCUT2D eigenvalue weighted by molar-refractivity contribution is 0.214. The summed E-state index contributed by atoms with van der Waals surface area (Å²) in [7, 11) is 1.59. The van der Waals surface area contributed by atoms with Gasteiger partial charge < -0.3 is 15.6 Å². The van der Waals surface area contributed by atoms with Gasteiger partial charge in [-0.25, -0.2) is 0 Å². The zero-order valence-electron chi connectivity index (χ0n) is 10.6. The van der Waals surface area contributed by atoms with Crippen LogP contribution in [-0.2, 0) is 6.54 Å². The van der Waals surface area contributed by atoms with E-state index in [1.54, 1.807) is 7.11 Å². The normalized spacial score (nSPS) is 12.2. The molecule has 19 heavy (non-hydrogen) atoms. The van der Waals surface area contributed by atoms with Gasteiger partial charge in [0, 0.05) is 16.6 Å². The van der Waals surface area contributed by atoms with Gasteiger partial charge in [0.1, 0.15) is 11.9 Å². The summed E-state index contributed by atoms with van der Waals surface area (Å²) < 4.78 is 6.19. The van der Waals surface area contributed by atoms with Crippen LogP contribution in [0.4, 0.5) is 0 Å². The van der Waals surface area contributed by atoms with E-state index in [1.807, 2.05) is 42.5 Å². The molecule has 0 aromatic heterocycles. The van der Waals surface area contributed by atoms with Gasteiger partial charge in [-0.3, -0.25) is 0 Å². The third-order valence-corrected chi connectivity index (χ3v) is 3.51. The molecule has 0 radical (unpaired) electrons. The van der Waals surface area contributed by atoms with E-state index >= 15 is 0 Å². The van der Waals surface area contributed by atoms with Crippen LogP contribution in [0.15, 0.2) is 46.9 Å². The minimum atomic E-state index is -0.723. The Balaban J connectivity index is 2.36. The molecule has 3 N–H and O–H groups in total. The summed E-state index contributed by atoms with van der Waals surface area (Å²) in [5.74, 6) is 0.665. The molecular weight excluding hydrogens is 306 g/mol. The van der Waals surface area contributed by atoms with Crippen molar-refractivity contribution < 1.29 is 9.84 Å². The fourth-order valence-electron chi connectivity index (χ4n) is 1.93. The van der Waals surface area contributed by atoms with Crippen molar-refractivity contribution in [3.8, 4) is 5.75 Å². The van der Waals surface area contributed by atoms with Crippen LogP contribution in [0.5, 0.6) is 5.75 Å². The Morgan fingerprint density at radius 2 is 1.89 bits per heavy atom. The number of ether oxygens (including phenoxy) is 1. The lowest BCUT2D eigenvalue weighted by atomic mass is 9.99. The summed E-state index contributed by atoms with van der Waals surface area (Å²) in [6, 6.07) is 13.2. The highest BCUT2D eigenvalue weighted by Crippen LogP contribution is 2.32. The Morgan fingerprint density at radius 3 is 2.47 bits per heavy atom. The van der Waals surface area contributed by atoms with Gasteiger partial charge in [-0.2, -0.15) is 0 Å². The maximum absolute atomic E-state index is 10.5. The topological polar surface area (TPSA) is 55.5 Å². The van der Waals surface area contributed by atoms with Crippen molar-refractivity contribution in [2.75, 3.05) is 7.11 Å². The molecule has 0 saturated heterocycles. The molecule has 0 bridgehead atoms. The van der Waals surface area contributed by atoms with Crippen LogP contribution < -0.4 is 10.5 Å². The van der Waals surface area contributed by atoms with Crippen molar-refractivity contribution in [3.05, 3.63) is 63.6 Å². The first kappa shape index (κ1) is 14.1. The second-order valence-corrected chi connectivity index (χ2v) is 5.15. The van der Waals surface area contributed by atoms with Crippen LogP contribution in [0.1, 0.15) is 22.8 Å². The van der Waals surface area contributed by atoms with Gasteiger partial charge in [-0.15, -0.1) is 0 Å². The monoisotopic (exact) mass is 321 g/mol. The fraction of sp³-hybridized carbons (Fsp3) is 0.200. The first-order chi connectivity index (χ1) is 9.15.